The number of hydrogen-bond acceptors (Lipinski definition) is 5. The molecule has 1 saturated heterocycles. The molecule has 2 amide bonds. The summed E-state index contributed by atoms with van der Waals surface area (Å²) in [5.74, 6) is -1.04. The van der Waals surface area contributed by atoms with E-state index in [-0.39, 0.29) is 41.5 Å². The average Bonchev–Trinajstić information content (AvgIpc) is 3.13. The molecule has 1 fully saturated rings. The second-order valence-corrected chi connectivity index (χ2v) is 6.99. The molecule has 1 unspecified atom stereocenters. The Morgan fingerprint density at radius 2 is 1.79 bits per heavy atom. The zero-order chi connectivity index (χ0) is 20.7. The van der Waals surface area contributed by atoms with E-state index in [1.165, 1.54) is 30.9 Å². The second-order valence-electron chi connectivity index (χ2n) is 6.99. The van der Waals surface area contributed by atoms with Crippen molar-refractivity contribution in [3.05, 3.63) is 63.4 Å². The maximum atomic E-state index is 12.8. The number of aromatic nitrogens is 3. The van der Waals surface area contributed by atoms with Gasteiger partial charge >= 0.3 is 5.69 Å². The first-order valence-corrected chi connectivity index (χ1v) is 9.09. The lowest BCUT2D eigenvalue weighted by Gasteiger charge is -2.17. The van der Waals surface area contributed by atoms with E-state index in [0.717, 1.165) is 10.3 Å². The number of fused-ring (bicyclic) bond motifs is 1. The van der Waals surface area contributed by atoms with Crippen molar-refractivity contribution in [2.45, 2.75) is 6.42 Å². The van der Waals surface area contributed by atoms with Crippen molar-refractivity contribution in [3.8, 4) is 0 Å². The molecule has 1 aliphatic rings. The van der Waals surface area contributed by atoms with E-state index in [1.54, 1.807) is 4.90 Å². The first kappa shape index (κ1) is 18.6. The molecule has 9 heteroatoms. The SMILES string of the molecule is Cn1c(=O)c2c(NC(=O)C3CC(=O)N(c4ccccc4)C3)ccnc2n(C)c1=O. The van der Waals surface area contributed by atoms with Crippen molar-refractivity contribution in [2.75, 3.05) is 16.8 Å². The minimum atomic E-state index is -0.553. The molecule has 3 heterocycles. The van der Waals surface area contributed by atoms with Crippen LogP contribution in [-0.2, 0) is 23.7 Å². The van der Waals surface area contributed by atoms with Gasteiger partial charge < -0.3 is 10.2 Å². The third-order valence-electron chi connectivity index (χ3n) is 5.16. The molecular weight excluding hydrogens is 374 g/mol. The smallest absolute Gasteiger partial charge is 0.325 e. The molecule has 4 rings (SSSR count). The highest BCUT2D eigenvalue weighted by Gasteiger charge is 2.35. The Hall–Kier alpha value is -3.75. The third-order valence-corrected chi connectivity index (χ3v) is 5.16. The Bertz CT molecular complexity index is 1250. The number of hydrogen-bond donors (Lipinski definition) is 1. The van der Waals surface area contributed by atoms with Gasteiger partial charge in [-0.2, -0.15) is 0 Å². The van der Waals surface area contributed by atoms with Crippen LogP contribution in [0.4, 0.5) is 11.4 Å². The molecule has 1 aliphatic heterocycles. The van der Waals surface area contributed by atoms with E-state index < -0.39 is 17.2 Å². The van der Waals surface area contributed by atoms with E-state index in [2.05, 4.69) is 10.3 Å². The van der Waals surface area contributed by atoms with Crippen LogP contribution in [-0.4, -0.2) is 32.5 Å². The van der Waals surface area contributed by atoms with E-state index in [9.17, 15) is 19.2 Å². The van der Waals surface area contributed by atoms with E-state index in [0.29, 0.717) is 0 Å². The first-order valence-electron chi connectivity index (χ1n) is 9.09. The van der Waals surface area contributed by atoms with Crippen LogP contribution in [0.3, 0.4) is 0 Å². The Labute approximate surface area is 165 Å². The molecule has 1 N–H and O–H groups in total. The zero-order valence-corrected chi connectivity index (χ0v) is 16.0. The summed E-state index contributed by atoms with van der Waals surface area (Å²) in [6.45, 7) is 0.258. The lowest BCUT2D eigenvalue weighted by atomic mass is 10.1. The van der Waals surface area contributed by atoms with Gasteiger partial charge in [0.1, 0.15) is 5.39 Å². The molecule has 1 atom stereocenters. The molecule has 0 radical (unpaired) electrons. The number of nitrogens with zero attached hydrogens (tertiary/aromatic N) is 4. The molecule has 3 aromatic rings. The number of rotatable bonds is 3. The Morgan fingerprint density at radius 3 is 2.52 bits per heavy atom. The van der Waals surface area contributed by atoms with Gasteiger partial charge in [-0.15, -0.1) is 0 Å². The molecule has 0 aliphatic carbocycles. The number of carbonyl (C=O) groups is 2. The molecule has 0 saturated carbocycles. The van der Waals surface area contributed by atoms with Crippen LogP contribution in [0.5, 0.6) is 0 Å². The second kappa shape index (κ2) is 7.01. The summed E-state index contributed by atoms with van der Waals surface area (Å²) >= 11 is 0. The molecule has 0 bridgehead atoms. The molecule has 9 nitrogen and oxygen atoms in total. The molecule has 29 heavy (non-hydrogen) atoms. The van der Waals surface area contributed by atoms with Gasteiger partial charge in [-0.1, -0.05) is 18.2 Å². The van der Waals surface area contributed by atoms with Crippen LogP contribution in [0.25, 0.3) is 11.0 Å². The molecule has 2 aromatic heterocycles. The lowest BCUT2D eigenvalue weighted by molar-refractivity contribution is -0.122. The molecule has 0 spiro atoms. The van der Waals surface area contributed by atoms with Crippen molar-refractivity contribution in [2.24, 2.45) is 20.0 Å². The largest absolute Gasteiger partial charge is 0.332 e. The van der Waals surface area contributed by atoms with Gasteiger partial charge in [0.2, 0.25) is 11.8 Å². The highest BCUT2D eigenvalue weighted by Crippen LogP contribution is 2.26. The van der Waals surface area contributed by atoms with Gasteiger partial charge in [0.15, 0.2) is 5.65 Å². The number of anilines is 2. The number of benzene rings is 1. The molecular formula is C20H19N5O4. The fraction of sp³-hybridized carbons (Fsp3) is 0.250. The van der Waals surface area contributed by atoms with E-state index >= 15 is 0 Å². The minimum Gasteiger partial charge on any atom is -0.325 e. The summed E-state index contributed by atoms with van der Waals surface area (Å²) in [6.07, 6.45) is 1.51. The summed E-state index contributed by atoms with van der Waals surface area (Å²) < 4.78 is 2.22. The van der Waals surface area contributed by atoms with Crippen LogP contribution in [0.1, 0.15) is 6.42 Å². The van der Waals surface area contributed by atoms with Crippen molar-refractivity contribution in [1.82, 2.24) is 14.1 Å². The summed E-state index contributed by atoms with van der Waals surface area (Å²) in [5, 5.41) is 2.90. The Morgan fingerprint density at radius 1 is 1.07 bits per heavy atom. The number of aryl methyl sites for hydroxylation is 1. The predicted molar refractivity (Wildman–Crippen MR) is 108 cm³/mol. The highest BCUT2D eigenvalue weighted by atomic mass is 16.2. The normalized spacial score (nSPS) is 16.4. The number of nitrogens with one attached hydrogen (secondary N) is 1. The van der Waals surface area contributed by atoms with Gasteiger partial charge in [0, 0.05) is 38.9 Å². The highest BCUT2D eigenvalue weighted by molar-refractivity contribution is 6.06. The zero-order valence-electron chi connectivity index (χ0n) is 16.0. The number of amides is 2. The number of carbonyl (C=O) groups excluding carboxylic acids is 2. The van der Waals surface area contributed by atoms with E-state index in [4.69, 9.17) is 0 Å². The lowest BCUT2D eigenvalue weighted by Crippen LogP contribution is -2.38. The molecule has 1 aromatic carbocycles. The first-order chi connectivity index (χ1) is 13.9. The maximum absolute atomic E-state index is 12.8. The van der Waals surface area contributed by atoms with Gasteiger partial charge in [-0.3, -0.25) is 23.5 Å². The van der Waals surface area contributed by atoms with Crippen molar-refractivity contribution >= 4 is 34.2 Å². The quantitative estimate of drug-likeness (QED) is 0.702. The van der Waals surface area contributed by atoms with Gasteiger partial charge in [0.05, 0.1) is 11.6 Å². The van der Waals surface area contributed by atoms with Crippen molar-refractivity contribution in [1.29, 1.82) is 0 Å². The topological polar surface area (TPSA) is 106 Å². The number of pyridine rings is 1. The Balaban J connectivity index is 1.65. The van der Waals surface area contributed by atoms with Crippen molar-refractivity contribution < 1.29 is 9.59 Å². The molecule has 148 valence electrons. The van der Waals surface area contributed by atoms with Crippen molar-refractivity contribution in [3.63, 3.8) is 0 Å². The van der Waals surface area contributed by atoms with Crippen LogP contribution in [0.2, 0.25) is 0 Å². The summed E-state index contributed by atoms with van der Waals surface area (Å²) in [6, 6.07) is 10.7. The fourth-order valence-electron chi connectivity index (χ4n) is 3.57. The average molecular weight is 393 g/mol. The van der Waals surface area contributed by atoms with Crippen LogP contribution >= 0.6 is 0 Å². The standard InChI is InChI=1S/C20H19N5O4/c1-23-17-16(19(28)24(2)20(23)29)14(8-9-21-17)22-18(27)12-10-15(26)25(11-12)13-6-4-3-5-7-13/h3-9,12H,10-11H2,1-2H3,(H,21,22,27). The van der Waals surface area contributed by atoms with E-state index in [1.807, 2.05) is 30.3 Å². The monoisotopic (exact) mass is 393 g/mol. The van der Waals surface area contributed by atoms with Gasteiger partial charge in [0.25, 0.3) is 5.56 Å². The summed E-state index contributed by atoms with van der Waals surface area (Å²) in [4.78, 5) is 55.6. The summed E-state index contributed by atoms with van der Waals surface area (Å²) in [7, 11) is 2.88. The maximum Gasteiger partial charge on any atom is 0.332 e. The number of para-hydroxylation sites is 1. The van der Waals surface area contributed by atoms with Gasteiger partial charge in [-0.05, 0) is 18.2 Å². The minimum absolute atomic E-state index is 0.0836. The summed E-state index contributed by atoms with van der Waals surface area (Å²) in [5.41, 5.74) is 0.149. The van der Waals surface area contributed by atoms with Crippen LogP contribution < -0.4 is 21.5 Å². The van der Waals surface area contributed by atoms with Crippen LogP contribution in [0, 0.1) is 5.92 Å². The van der Waals surface area contributed by atoms with Crippen LogP contribution in [0.15, 0.2) is 52.2 Å². The predicted octanol–water partition coefficient (Wildman–Crippen LogP) is 0.624. The Kier molecular flexibility index (Phi) is 4.50. The fourth-order valence-corrected chi connectivity index (χ4v) is 3.57. The van der Waals surface area contributed by atoms with Gasteiger partial charge in [-0.25, -0.2) is 9.78 Å². The third kappa shape index (κ3) is 3.10.